The van der Waals surface area contributed by atoms with Crippen molar-refractivity contribution >= 4 is 17.5 Å². The summed E-state index contributed by atoms with van der Waals surface area (Å²) in [5.74, 6) is 2.30. The number of nitrogens with one attached hydrogen (secondary N) is 1. The van der Waals surface area contributed by atoms with Gasteiger partial charge in [0.1, 0.15) is 18.8 Å². The van der Waals surface area contributed by atoms with E-state index in [2.05, 4.69) is 35.3 Å². The number of hydrogen-bond donors (Lipinski definition) is 1. The van der Waals surface area contributed by atoms with Crippen LogP contribution < -0.4 is 19.9 Å². The molecule has 31 heavy (non-hydrogen) atoms. The first-order chi connectivity index (χ1) is 15.2. The van der Waals surface area contributed by atoms with E-state index in [1.165, 1.54) is 19.3 Å². The van der Waals surface area contributed by atoms with Crippen LogP contribution in [-0.2, 0) is 4.79 Å². The fourth-order valence-electron chi connectivity index (χ4n) is 4.14. The molecule has 1 atom stereocenters. The number of piperidine rings is 2. The zero-order chi connectivity index (χ0) is 21.5. The molecule has 2 aliphatic heterocycles. The molecule has 4 rings (SSSR count). The van der Waals surface area contributed by atoms with Crippen LogP contribution in [0.3, 0.4) is 0 Å². The minimum absolute atomic E-state index is 0.0541. The molecule has 4 heterocycles. The third-order valence-electron chi connectivity index (χ3n) is 5.86. The normalized spacial score (nSPS) is 19.2. The summed E-state index contributed by atoms with van der Waals surface area (Å²) in [5, 5.41) is 11.4. The third-order valence-corrected chi connectivity index (χ3v) is 5.86. The van der Waals surface area contributed by atoms with Gasteiger partial charge in [-0.15, -0.1) is 5.10 Å². The number of hydrogen-bond acceptors (Lipinski definition) is 8. The Balaban J connectivity index is 1.21. The molecular weight excluding hydrogens is 394 g/mol. The fourth-order valence-corrected chi connectivity index (χ4v) is 4.14. The van der Waals surface area contributed by atoms with Crippen LogP contribution in [0.5, 0.6) is 5.88 Å². The summed E-state index contributed by atoms with van der Waals surface area (Å²) in [5.41, 5.74) is 0.891. The van der Waals surface area contributed by atoms with Crippen molar-refractivity contribution in [3.05, 3.63) is 30.2 Å². The summed E-state index contributed by atoms with van der Waals surface area (Å²) in [7, 11) is 0. The maximum atomic E-state index is 12.6. The molecule has 1 unspecified atom stereocenters. The van der Waals surface area contributed by atoms with Crippen molar-refractivity contribution in [3.8, 4) is 5.88 Å². The summed E-state index contributed by atoms with van der Waals surface area (Å²) in [6.45, 7) is 6.36. The van der Waals surface area contributed by atoms with Gasteiger partial charge in [0.2, 0.25) is 11.8 Å². The van der Waals surface area contributed by atoms with Crippen LogP contribution in [0, 0.1) is 12.8 Å². The molecule has 1 N–H and O–H groups in total. The van der Waals surface area contributed by atoms with Gasteiger partial charge in [-0.05, 0) is 51.2 Å². The van der Waals surface area contributed by atoms with E-state index >= 15 is 0 Å². The lowest BCUT2D eigenvalue weighted by molar-refractivity contribution is -0.125. The predicted molar refractivity (Wildman–Crippen MR) is 118 cm³/mol. The number of ether oxygens (including phenoxy) is 1. The first-order valence-corrected chi connectivity index (χ1v) is 11.2. The molecule has 9 nitrogen and oxygen atoms in total. The summed E-state index contributed by atoms with van der Waals surface area (Å²) in [6, 6.07) is 5.80. The molecule has 0 aliphatic carbocycles. The minimum Gasteiger partial charge on any atom is -0.476 e. The van der Waals surface area contributed by atoms with Gasteiger partial charge in [-0.25, -0.2) is 9.97 Å². The first-order valence-electron chi connectivity index (χ1n) is 11.2. The molecule has 0 saturated carbocycles. The van der Waals surface area contributed by atoms with E-state index in [1.54, 1.807) is 6.33 Å². The van der Waals surface area contributed by atoms with Crippen molar-refractivity contribution in [2.45, 2.75) is 39.0 Å². The molecular formula is C22H31N7O2. The van der Waals surface area contributed by atoms with Gasteiger partial charge in [0, 0.05) is 32.2 Å². The van der Waals surface area contributed by atoms with Crippen molar-refractivity contribution in [1.82, 2.24) is 25.5 Å². The van der Waals surface area contributed by atoms with Crippen LogP contribution >= 0.6 is 0 Å². The Morgan fingerprint density at radius 3 is 2.71 bits per heavy atom. The van der Waals surface area contributed by atoms with Gasteiger partial charge < -0.3 is 19.9 Å². The largest absolute Gasteiger partial charge is 0.476 e. The smallest absolute Gasteiger partial charge is 0.225 e. The van der Waals surface area contributed by atoms with Crippen LogP contribution in [0.15, 0.2) is 24.5 Å². The second kappa shape index (κ2) is 10.4. The molecule has 2 aliphatic rings. The average molecular weight is 426 g/mol. The molecule has 2 aromatic rings. The molecule has 2 saturated heterocycles. The first kappa shape index (κ1) is 21.3. The monoisotopic (exact) mass is 425 g/mol. The van der Waals surface area contributed by atoms with E-state index in [4.69, 9.17) is 4.74 Å². The van der Waals surface area contributed by atoms with E-state index < -0.39 is 0 Å². The number of rotatable bonds is 7. The molecule has 9 heteroatoms. The van der Waals surface area contributed by atoms with Crippen molar-refractivity contribution in [1.29, 1.82) is 0 Å². The Morgan fingerprint density at radius 2 is 1.90 bits per heavy atom. The number of anilines is 2. The van der Waals surface area contributed by atoms with Crippen molar-refractivity contribution in [2.75, 3.05) is 49.1 Å². The zero-order valence-corrected chi connectivity index (χ0v) is 18.2. The van der Waals surface area contributed by atoms with Gasteiger partial charge in [-0.2, -0.15) is 5.10 Å². The van der Waals surface area contributed by atoms with Gasteiger partial charge >= 0.3 is 0 Å². The number of aryl methyl sites for hydroxylation is 1. The number of carbonyl (C=O) groups is 1. The van der Waals surface area contributed by atoms with E-state index in [9.17, 15) is 4.79 Å². The Hall–Kier alpha value is -2.97. The van der Waals surface area contributed by atoms with Crippen molar-refractivity contribution < 1.29 is 9.53 Å². The van der Waals surface area contributed by atoms with Gasteiger partial charge in [-0.1, -0.05) is 0 Å². The van der Waals surface area contributed by atoms with Gasteiger partial charge in [0.05, 0.1) is 18.2 Å². The number of carbonyl (C=O) groups excluding carboxylic acids is 1. The van der Waals surface area contributed by atoms with Gasteiger partial charge in [-0.3, -0.25) is 4.79 Å². The van der Waals surface area contributed by atoms with Crippen LogP contribution in [0.2, 0.25) is 0 Å². The highest BCUT2D eigenvalue weighted by molar-refractivity contribution is 5.79. The van der Waals surface area contributed by atoms with Gasteiger partial charge in [0.15, 0.2) is 5.82 Å². The number of nitrogens with zero attached hydrogens (tertiary/aromatic N) is 6. The molecule has 0 bridgehead atoms. The van der Waals surface area contributed by atoms with Crippen LogP contribution in [0.25, 0.3) is 0 Å². The lowest BCUT2D eigenvalue weighted by atomic mass is 9.97. The standard InChI is InChI=1S/C22H31N7O2/c1-17-7-8-19(27-26-17)29-12-5-6-18(15-29)22(30)23-9-13-31-21-14-20(24-16-25-21)28-10-3-2-4-11-28/h7-8,14,16,18H,2-6,9-13,15H2,1H3,(H,23,30). The number of amides is 1. The summed E-state index contributed by atoms with van der Waals surface area (Å²) in [4.78, 5) is 25.6. The second-order valence-corrected chi connectivity index (χ2v) is 8.22. The Bertz CT molecular complexity index is 855. The highest BCUT2D eigenvalue weighted by Gasteiger charge is 2.26. The van der Waals surface area contributed by atoms with Crippen LogP contribution in [-0.4, -0.2) is 65.4 Å². The molecule has 0 radical (unpaired) electrons. The second-order valence-electron chi connectivity index (χ2n) is 8.22. The average Bonchev–Trinajstić information content (AvgIpc) is 2.83. The molecule has 2 aromatic heterocycles. The predicted octanol–water partition coefficient (Wildman–Crippen LogP) is 1.98. The maximum absolute atomic E-state index is 12.6. The zero-order valence-electron chi connectivity index (χ0n) is 18.2. The summed E-state index contributed by atoms with van der Waals surface area (Å²) >= 11 is 0. The molecule has 0 spiro atoms. The highest BCUT2D eigenvalue weighted by Crippen LogP contribution is 2.22. The van der Waals surface area contributed by atoms with Crippen molar-refractivity contribution in [3.63, 3.8) is 0 Å². The van der Waals surface area contributed by atoms with E-state index in [0.717, 1.165) is 49.8 Å². The van der Waals surface area contributed by atoms with E-state index in [-0.39, 0.29) is 11.8 Å². The van der Waals surface area contributed by atoms with Gasteiger partial charge in [0.25, 0.3) is 0 Å². The lowest BCUT2D eigenvalue weighted by Crippen LogP contribution is -2.44. The van der Waals surface area contributed by atoms with Crippen LogP contribution in [0.4, 0.5) is 11.6 Å². The molecule has 2 fully saturated rings. The van der Waals surface area contributed by atoms with Crippen LogP contribution in [0.1, 0.15) is 37.8 Å². The molecule has 0 aromatic carbocycles. The third kappa shape index (κ3) is 5.80. The fraction of sp³-hybridized carbons (Fsp3) is 0.591. The highest BCUT2D eigenvalue weighted by atomic mass is 16.5. The SMILES string of the molecule is Cc1ccc(N2CCCC(C(=O)NCCOc3cc(N4CCCCC4)ncn3)C2)nn1. The Labute approximate surface area is 183 Å². The molecule has 1 amide bonds. The lowest BCUT2D eigenvalue weighted by Gasteiger charge is -2.32. The summed E-state index contributed by atoms with van der Waals surface area (Å²) in [6.07, 6.45) is 7.06. The summed E-state index contributed by atoms with van der Waals surface area (Å²) < 4.78 is 5.76. The maximum Gasteiger partial charge on any atom is 0.225 e. The molecule has 166 valence electrons. The Morgan fingerprint density at radius 1 is 1.06 bits per heavy atom. The van der Waals surface area contributed by atoms with E-state index in [0.29, 0.717) is 25.6 Å². The number of aromatic nitrogens is 4. The quantitative estimate of drug-likeness (QED) is 0.673. The topological polar surface area (TPSA) is 96.4 Å². The Kier molecular flexibility index (Phi) is 7.11. The van der Waals surface area contributed by atoms with Crippen molar-refractivity contribution in [2.24, 2.45) is 5.92 Å². The minimum atomic E-state index is -0.0541. The van der Waals surface area contributed by atoms with E-state index in [1.807, 2.05) is 25.1 Å².